The summed E-state index contributed by atoms with van der Waals surface area (Å²) in [6.45, 7) is 5.86. The molecule has 3 heteroatoms. The number of cyclic esters (lactones) is 1. The number of anilines is 1. The van der Waals surface area contributed by atoms with E-state index in [2.05, 4.69) is 0 Å². The molecule has 0 saturated carbocycles. The van der Waals surface area contributed by atoms with Crippen molar-refractivity contribution < 1.29 is 9.53 Å². The molecule has 3 nitrogen and oxygen atoms in total. The molecule has 1 aliphatic heterocycles. The molecule has 0 radical (unpaired) electrons. The van der Waals surface area contributed by atoms with Crippen LogP contribution in [0.4, 0.5) is 10.5 Å². The Morgan fingerprint density at radius 3 is 2.33 bits per heavy atom. The molecule has 1 fully saturated rings. The predicted molar refractivity (Wildman–Crippen MR) is 58.9 cm³/mol. The molecule has 1 aliphatic rings. The molecule has 1 atom stereocenters. The molecule has 15 heavy (non-hydrogen) atoms. The number of rotatable bonds is 1. The van der Waals surface area contributed by atoms with Crippen molar-refractivity contribution in [1.82, 2.24) is 0 Å². The van der Waals surface area contributed by atoms with Crippen LogP contribution in [0.5, 0.6) is 0 Å². The molecule has 1 heterocycles. The number of amides is 1. The Morgan fingerprint density at radius 1 is 1.27 bits per heavy atom. The van der Waals surface area contributed by atoms with Crippen molar-refractivity contribution in [2.45, 2.75) is 32.4 Å². The van der Waals surface area contributed by atoms with Crippen molar-refractivity contribution in [2.75, 3.05) is 4.90 Å². The van der Waals surface area contributed by atoms with E-state index in [9.17, 15) is 4.79 Å². The van der Waals surface area contributed by atoms with E-state index < -0.39 is 5.60 Å². The van der Waals surface area contributed by atoms with E-state index in [-0.39, 0.29) is 12.1 Å². The lowest BCUT2D eigenvalue weighted by Gasteiger charge is -2.24. The Balaban J connectivity index is 2.35. The Kier molecular flexibility index (Phi) is 2.18. The summed E-state index contributed by atoms with van der Waals surface area (Å²) in [6.07, 6.45) is -0.265. The van der Waals surface area contributed by atoms with Gasteiger partial charge in [-0.2, -0.15) is 0 Å². The van der Waals surface area contributed by atoms with Crippen LogP contribution in [0.2, 0.25) is 0 Å². The first-order valence-corrected chi connectivity index (χ1v) is 5.09. The fourth-order valence-corrected chi connectivity index (χ4v) is 1.75. The molecular weight excluding hydrogens is 190 g/mol. The first-order chi connectivity index (χ1) is 7.02. The van der Waals surface area contributed by atoms with Crippen LogP contribution in [-0.2, 0) is 4.74 Å². The third-order valence-corrected chi connectivity index (χ3v) is 2.97. The zero-order valence-corrected chi connectivity index (χ0v) is 9.23. The number of hydrogen-bond acceptors (Lipinski definition) is 2. The summed E-state index contributed by atoms with van der Waals surface area (Å²) in [5, 5.41) is 0. The van der Waals surface area contributed by atoms with Crippen molar-refractivity contribution in [3.63, 3.8) is 0 Å². The minimum atomic E-state index is -0.424. The van der Waals surface area contributed by atoms with Gasteiger partial charge < -0.3 is 4.74 Å². The number of carbonyl (C=O) groups excluding carboxylic acids is 1. The molecule has 80 valence electrons. The summed E-state index contributed by atoms with van der Waals surface area (Å²) in [7, 11) is 0. The maximum absolute atomic E-state index is 11.7. The van der Waals surface area contributed by atoms with Crippen LogP contribution in [0.1, 0.15) is 20.8 Å². The minimum absolute atomic E-state index is 0.0485. The van der Waals surface area contributed by atoms with E-state index in [0.29, 0.717) is 0 Å². The maximum Gasteiger partial charge on any atom is 0.415 e. The van der Waals surface area contributed by atoms with Gasteiger partial charge in [-0.15, -0.1) is 0 Å². The SMILES string of the molecule is CC1N(c2ccccc2)C(=O)OC1(C)C. The van der Waals surface area contributed by atoms with Gasteiger partial charge in [0.25, 0.3) is 0 Å². The Hall–Kier alpha value is -1.51. The highest BCUT2D eigenvalue weighted by Gasteiger charge is 2.45. The summed E-state index contributed by atoms with van der Waals surface area (Å²) >= 11 is 0. The molecule has 1 saturated heterocycles. The topological polar surface area (TPSA) is 29.5 Å². The Morgan fingerprint density at radius 2 is 1.87 bits per heavy atom. The molecule has 1 aromatic rings. The van der Waals surface area contributed by atoms with Crippen LogP contribution >= 0.6 is 0 Å². The van der Waals surface area contributed by atoms with Gasteiger partial charge in [0.2, 0.25) is 0 Å². The smallest absolute Gasteiger partial charge is 0.415 e. The summed E-state index contributed by atoms with van der Waals surface area (Å²) in [4.78, 5) is 13.4. The van der Waals surface area contributed by atoms with Gasteiger partial charge in [-0.25, -0.2) is 4.79 Å². The zero-order valence-electron chi connectivity index (χ0n) is 9.23. The lowest BCUT2D eigenvalue weighted by Crippen LogP contribution is -2.39. The van der Waals surface area contributed by atoms with E-state index in [1.807, 2.05) is 51.1 Å². The molecule has 0 aromatic heterocycles. The van der Waals surface area contributed by atoms with Gasteiger partial charge in [-0.1, -0.05) is 18.2 Å². The second-order valence-electron chi connectivity index (χ2n) is 4.35. The van der Waals surface area contributed by atoms with E-state index in [1.54, 1.807) is 4.90 Å². The fourth-order valence-electron chi connectivity index (χ4n) is 1.75. The van der Waals surface area contributed by atoms with E-state index in [1.165, 1.54) is 0 Å². The van der Waals surface area contributed by atoms with Crippen LogP contribution < -0.4 is 4.90 Å². The van der Waals surface area contributed by atoms with Crippen molar-refractivity contribution >= 4 is 11.8 Å². The molecule has 0 N–H and O–H groups in total. The molecule has 1 aromatic carbocycles. The quantitative estimate of drug-likeness (QED) is 0.705. The average molecular weight is 205 g/mol. The van der Waals surface area contributed by atoms with Gasteiger partial charge in [-0.3, -0.25) is 4.90 Å². The first-order valence-electron chi connectivity index (χ1n) is 5.09. The van der Waals surface area contributed by atoms with E-state index in [4.69, 9.17) is 4.74 Å². The number of ether oxygens (including phenoxy) is 1. The lowest BCUT2D eigenvalue weighted by atomic mass is 10.0. The highest BCUT2D eigenvalue weighted by molar-refractivity contribution is 5.91. The number of nitrogens with zero attached hydrogens (tertiary/aromatic N) is 1. The maximum atomic E-state index is 11.7. The monoisotopic (exact) mass is 205 g/mol. The third kappa shape index (κ3) is 1.58. The summed E-state index contributed by atoms with van der Waals surface area (Å²) in [5.41, 5.74) is 0.466. The van der Waals surface area contributed by atoms with Crippen LogP contribution in [0.15, 0.2) is 30.3 Å². The van der Waals surface area contributed by atoms with Gasteiger partial charge in [-0.05, 0) is 32.9 Å². The number of hydrogen-bond donors (Lipinski definition) is 0. The molecular formula is C12H15NO2. The van der Waals surface area contributed by atoms with Crippen molar-refractivity contribution in [3.8, 4) is 0 Å². The molecule has 1 unspecified atom stereocenters. The van der Waals surface area contributed by atoms with Gasteiger partial charge in [0, 0.05) is 5.69 Å². The minimum Gasteiger partial charge on any atom is -0.441 e. The molecule has 2 rings (SSSR count). The predicted octanol–water partition coefficient (Wildman–Crippen LogP) is 2.81. The van der Waals surface area contributed by atoms with Crippen molar-refractivity contribution in [1.29, 1.82) is 0 Å². The molecule has 0 aliphatic carbocycles. The van der Waals surface area contributed by atoms with Gasteiger partial charge in [0.05, 0.1) is 6.04 Å². The average Bonchev–Trinajstić information content (AvgIpc) is 2.38. The highest BCUT2D eigenvalue weighted by Crippen LogP contribution is 2.32. The van der Waals surface area contributed by atoms with Gasteiger partial charge in [0.1, 0.15) is 5.60 Å². The van der Waals surface area contributed by atoms with Crippen molar-refractivity contribution in [2.24, 2.45) is 0 Å². The zero-order chi connectivity index (χ0) is 11.1. The van der Waals surface area contributed by atoms with Crippen LogP contribution in [0.3, 0.4) is 0 Å². The van der Waals surface area contributed by atoms with Crippen molar-refractivity contribution in [3.05, 3.63) is 30.3 Å². The Bertz CT molecular complexity index is 372. The van der Waals surface area contributed by atoms with E-state index >= 15 is 0 Å². The number of carbonyl (C=O) groups is 1. The third-order valence-electron chi connectivity index (χ3n) is 2.97. The first kappa shape index (κ1) is 10.0. The second-order valence-corrected chi connectivity index (χ2v) is 4.35. The normalized spacial score (nSPS) is 24.1. The standard InChI is InChI=1S/C12H15NO2/c1-9-12(2,3)15-11(14)13(9)10-7-5-4-6-8-10/h4-9H,1-3H3. The largest absolute Gasteiger partial charge is 0.441 e. The fraction of sp³-hybridized carbons (Fsp3) is 0.417. The summed E-state index contributed by atoms with van der Waals surface area (Å²) < 4.78 is 5.31. The second kappa shape index (κ2) is 3.26. The molecule has 0 spiro atoms. The molecule has 1 amide bonds. The number of benzene rings is 1. The number of para-hydroxylation sites is 1. The highest BCUT2D eigenvalue weighted by atomic mass is 16.6. The Labute approximate surface area is 89.7 Å². The van der Waals surface area contributed by atoms with E-state index in [0.717, 1.165) is 5.69 Å². The van der Waals surface area contributed by atoms with Gasteiger partial charge >= 0.3 is 6.09 Å². The van der Waals surface area contributed by atoms with Crippen LogP contribution in [-0.4, -0.2) is 17.7 Å². The molecule has 0 bridgehead atoms. The summed E-state index contributed by atoms with van der Waals surface area (Å²) in [6, 6.07) is 9.65. The van der Waals surface area contributed by atoms with Gasteiger partial charge in [0.15, 0.2) is 0 Å². The summed E-state index contributed by atoms with van der Waals surface area (Å²) in [5.74, 6) is 0. The lowest BCUT2D eigenvalue weighted by molar-refractivity contribution is 0.0719. The van der Waals surface area contributed by atoms with Crippen LogP contribution in [0.25, 0.3) is 0 Å². The van der Waals surface area contributed by atoms with Crippen LogP contribution in [0, 0.1) is 0 Å².